The van der Waals surface area contributed by atoms with Crippen LogP contribution in [0.2, 0.25) is 0 Å². The zero-order valence-corrected chi connectivity index (χ0v) is 8.71. The molecule has 0 aliphatic carbocycles. The lowest BCUT2D eigenvalue weighted by Crippen LogP contribution is -2.04. The first kappa shape index (κ1) is 10.4. The minimum atomic E-state index is -0.454. The first-order valence-corrected chi connectivity index (χ1v) is 4.86. The molecule has 0 aliphatic rings. The molecule has 2 heterocycles. The fourth-order valence-corrected chi connectivity index (χ4v) is 1.28. The number of carbonyl (C=O) groups is 1. The molecule has 2 aromatic rings. The maximum absolute atomic E-state index is 11.5. The van der Waals surface area contributed by atoms with Gasteiger partial charge >= 0.3 is 5.97 Å². The van der Waals surface area contributed by atoms with Gasteiger partial charge in [-0.3, -0.25) is 4.98 Å². The second-order valence-corrected chi connectivity index (χ2v) is 3.00. The minimum Gasteiger partial charge on any atom is -0.462 e. The lowest BCUT2D eigenvalue weighted by Gasteiger charge is -2.00. The van der Waals surface area contributed by atoms with Crippen molar-refractivity contribution in [1.29, 1.82) is 0 Å². The van der Waals surface area contributed by atoms with Gasteiger partial charge in [0.2, 0.25) is 0 Å². The molecule has 0 N–H and O–H groups in total. The molecule has 0 aromatic carbocycles. The Kier molecular flexibility index (Phi) is 2.95. The van der Waals surface area contributed by atoms with Crippen molar-refractivity contribution in [2.24, 2.45) is 0 Å². The Morgan fingerprint density at radius 2 is 2.38 bits per heavy atom. The van der Waals surface area contributed by atoms with Crippen molar-refractivity contribution < 1.29 is 14.1 Å². The van der Waals surface area contributed by atoms with Crippen LogP contribution in [0.4, 0.5) is 0 Å². The fourth-order valence-electron chi connectivity index (χ4n) is 1.28. The maximum atomic E-state index is 11.5. The third kappa shape index (κ3) is 1.93. The standard InChI is InChI=1S/C11H10N2O3/c1-2-15-11(14)8-7-13-16-10(8)9-5-3-4-6-12-9/h3-7H,2H2,1H3. The van der Waals surface area contributed by atoms with Gasteiger partial charge < -0.3 is 9.26 Å². The number of aromatic nitrogens is 2. The van der Waals surface area contributed by atoms with Crippen LogP contribution in [0.5, 0.6) is 0 Å². The summed E-state index contributed by atoms with van der Waals surface area (Å²) in [5, 5.41) is 3.59. The summed E-state index contributed by atoms with van der Waals surface area (Å²) < 4.78 is 9.89. The lowest BCUT2D eigenvalue weighted by molar-refractivity contribution is 0.0526. The molecule has 2 aromatic heterocycles. The zero-order chi connectivity index (χ0) is 11.4. The van der Waals surface area contributed by atoms with Crippen molar-refractivity contribution in [2.75, 3.05) is 6.61 Å². The van der Waals surface area contributed by atoms with E-state index in [2.05, 4.69) is 10.1 Å². The van der Waals surface area contributed by atoms with Gasteiger partial charge in [-0.1, -0.05) is 11.2 Å². The van der Waals surface area contributed by atoms with E-state index in [4.69, 9.17) is 9.26 Å². The van der Waals surface area contributed by atoms with Gasteiger partial charge in [0.05, 0.1) is 12.8 Å². The third-order valence-corrected chi connectivity index (χ3v) is 1.96. The summed E-state index contributed by atoms with van der Waals surface area (Å²) in [5.74, 6) is -0.122. The van der Waals surface area contributed by atoms with Crippen LogP contribution in [-0.2, 0) is 4.74 Å². The van der Waals surface area contributed by atoms with Crippen LogP contribution in [0.15, 0.2) is 35.1 Å². The SMILES string of the molecule is CCOC(=O)c1cnoc1-c1ccccn1. The Hall–Kier alpha value is -2.17. The summed E-state index contributed by atoms with van der Waals surface area (Å²) in [7, 11) is 0. The quantitative estimate of drug-likeness (QED) is 0.736. The Balaban J connectivity index is 2.37. The predicted octanol–water partition coefficient (Wildman–Crippen LogP) is 1.91. The molecule has 0 aliphatic heterocycles. The van der Waals surface area contributed by atoms with E-state index >= 15 is 0 Å². The highest BCUT2D eigenvalue weighted by molar-refractivity contribution is 5.94. The van der Waals surface area contributed by atoms with E-state index in [1.165, 1.54) is 6.20 Å². The van der Waals surface area contributed by atoms with E-state index < -0.39 is 5.97 Å². The zero-order valence-electron chi connectivity index (χ0n) is 8.71. The molecule has 0 fully saturated rings. The van der Waals surface area contributed by atoms with Gasteiger partial charge in [0, 0.05) is 6.20 Å². The number of pyridine rings is 1. The number of hydrogen-bond acceptors (Lipinski definition) is 5. The molecule has 82 valence electrons. The summed E-state index contributed by atoms with van der Waals surface area (Å²) in [6, 6.07) is 5.33. The van der Waals surface area contributed by atoms with Crippen LogP contribution < -0.4 is 0 Å². The van der Waals surface area contributed by atoms with Crippen molar-refractivity contribution in [3.05, 3.63) is 36.2 Å². The smallest absolute Gasteiger partial charge is 0.343 e. The summed E-state index contributed by atoms with van der Waals surface area (Å²) in [4.78, 5) is 15.6. The minimum absolute atomic E-state index is 0.292. The molecule has 5 nitrogen and oxygen atoms in total. The van der Waals surface area contributed by atoms with Crippen LogP contribution in [0.3, 0.4) is 0 Å². The number of hydrogen-bond donors (Lipinski definition) is 0. The summed E-state index contributed by atoms with van der Waals surface area (Å²) >= 11 is 0. The summed E-state index contributed by atoms with van der Waals surface area (Å²) in [6.45, 7) is 2.05. The van der Waals surface area contributed by atoms with E-state index in [0.29, 0.717) is 23.6 Å². The number of nitrogens with zero attached hydrogens (tertiary/aromatic N) is 2. The molecular weight excluding hydrogens is 208 g/mol. The molecule has 0 amide bonds. The highest BCUT2D eigenvalue weighted by atomic mass is 16.5. The first-order valence-electron chi connectivity index (χ1n) is 4.86. The Labute approximate surface area is 92.0 Å². The highest BCUT2D eigenvalue weighted by Crippen LogP contribution is 2.21. The van der Waals surface area contributed by atoms with Crippen LogP contribution in [-0.4, -0.2) is 22.7 Å². The van der Waals surface area contributed by atoms with Crippen LogP contribution in [0, 0.1) is 0 Å². The molecule has 0 spiro atoms. The molecule has 0 radical (unpaired) electrons. The summed E-state index contributed by atoms with van der Waals surface area (Å²) in [5.41, 5.74) is 0.851. The van der Waals surface area contributed by atoms with E-state index in [0.717, 1.165) is 0 Å². The van der Waals surface area contributed by atoms with Gasteiger partial charge in [-0.05, 0) is 19.1 Å². The monoisotopic (exact) mass is 218 g/mol. The van der Waals surface area contributed by atoms with E-state index in [9.17, 15) is 4.79 Å². The van der Waals surface area contributed by atoms with E-state index in [1.54, 1.807) is 31.3 Å². The van der Waals surface area contributed by atoms with Crippen LogP contribution in [0.1, 0.15) is 17.3 Å². The Bertz CT molecular complexity index is 479. The predicted molar refractivity (Wildman–Crippen MR) is 55.7 cm³/mol. The molecule has 0 bridgehead atoms. The number of rotatable bonds is 3. The van der Waals surface area contributed by atoms with Gasteiger partial charge in [-0.25, -0.2) is 4.79 Å². The number of esters is 1. The van der Waals surface area contributed by atoms with E-state index in [1.807, 2.05) is 0 Å². The van der Waals surface area contributed by atoms with Crippen molar-refractivity contribution in [3.8, 4) is 11.5 Å². The normalized spacial score (nSPS) is 10.1. The topological polar surface area (TPSA) is 65.2 Å². The summed E-state index contributed by atoms with van der Waals surface area (Å²) in [6.07, 6.45) is 2.95. The maximum Gasteiger partial charge on any atom is 0.343 e. The lowest BCUT2D eigenvalue weighted by atomic mass is 10.2. The molecule has 5 heteroatoms. The van der Waals surface area contributed by atoms with Crippen molar-refractivity contribution in [2.45, 2.75) is 6.92 Å². The molecule has 0 atom stereocenters. The highest BCUT2D eigenvalue weighted by Gasteiger charge is 2.19. The van der Waals surface area contributed by atoms with E-state index in [-0.39, 0.29) is 0 Å². The fraction of sp³-hybridized carbons (Fsp3) is 0.182. The molecule has 0 saturated heterocycles. The van der Waals surface area contributed by atoms with Gasteiger partial charge in [-0.15, -0.1) is 0 Å². The molecule has 16 heavy (non-hydrogen) atoms. The van der Waals surface area contributed by atoms with Crippen molar-refractivity contribution in [3.63, 3.8) is 0 Å². The van der Waals surface area contributed by atoms with Crippen molar-refractivity contribution in [1.82, 2.24) is 10.1 Å². The van der Waals surface area contributed by atoms with Crippen LogP contribution >= 0.6 is 0 Å². The second-order valence-electron chi connectivity index (χ2n) is 3.00. The second kappa shape index (κ2) is 4.57. The third-order valence-electron chi connectivity index (χ3n) is 1.96. The van der Waals surface area contributed by atoms with Crippen LogP contribution in [0.25, 0.3) is 11.5 Å². The first-order chi connectivity index (χ1) is 7.83. The Morgan fingerprint density at radius 3 is 3.06 bits per heavy atom. The molecule has 0 unspecified atom stereocenters. The Morgan fingerprint density at radius 1 is 1.50 bits per heavy atom. The van der Waals surface area contributed by atoms with Gasteiger partial charge in [-0.2, -0.15) is 0 Å². The average Bonchev–Trinajstić information content (AvgIpc) is 2.79. The van der Waals surface area contributed by atoms with Gasteiger partial charge in [0.25, 0.3) is 0 Å². The molecule has 0 saturated carbocycles. The average molecular weight is 218 g/mol. The van der Waals surface area contributed by atoms with Crippen molar-refractivity contribution >= 4 is 5.97 Å². The largest absolute Gasteiger partial charge is 0.462 e. The number of ether oxygens (including phenoxy) is 1. The van der Waals surface area contributed by atoms with Gasteiger partial charge in [0.1, 0.15) is 11.3 Å². The number of carbonyl (C=O) groups excluding carboxylic acids is 1. The molecule has 2 rings (SSSR count). The molecular formula is C11H10N2O3. The van der Waals surface area contributed by atoms with Gasteiger partial charge in [0.15, 0.2) is 5.76 Å².